The minimum Gasteiger partial charge on any atom is -0.462 e. The predicted molar refractivity (Wildman–Crippen MR) is 85.6 cm³/mol. The van der Waals surface area contributed by atoms with E-state index in [2.05, 4.69) is 4.72 Å². The Balaban J connectivity index is 1.98. The Morgan fingerprint density at radius 2 is 1.95 bits per heavy atom. The smallest absolute Gasteiger partial charge is 0.338 e. The number of esters is 1. The van der Waals surface area contributed by atoms with Crippen LogP contribution in [0.2, 0.25) is 0 Å². The third kappa shape index (κ3) is 4.40. The topological polar surface area (TPSA) is 72.5 Å². The number of thiophene rings is 1. The maximum Gasteiger partial charge on any atom is 0.338 e. The van der Waals surface area contributed by atoms with Crippen molar-refractivity contribution in [3.05, 3.63) is 52.2 Å². The summed E-state index contributed by atoms with van der Waals surface area (Å²) in [5.41, 5.74) is 0.333. The molecule has 0 unspecified atom stereocenters. The SMILES string of the molecule is CCOC(=O)c1ccc(S(=O)(=O)NCCc2cccs2)cc1. The highest BCUT2D eigenvalue weighted by atomic mass is 32.2. The van der Waals surface area contributed by atoms with Crippen LogP contribution in [0.3, 0.4) is 0 Å². The lowest BCUT2D eigenvalue weighted by molar-refractivity contribution is 0.0526. The number of carbonyl (C=O) groups is 1. The van der Waals surface area contributed by atoms with Crippen molar-refractivity contribution in [3.8, 4) is 0 Å². The van der Waals surface area contributed by atoms with E-state index in [1.165, 1.54) is 24.3 Å². The van der Waals surface area contributed by atoms with Gasteiger partial charge in [-0.2, -0.15) is 0 Å². The molecule has 0 radical (unpaired) electrons. The summed E-state index contributed by atoms with van der Waals surface area (Å²) in [7, 11) is -3.57. The van der Waals surface area contributed by atoms with E-state index in [0.29, 0.717) is 18.5 Å². The van der Waals surface area contributed by atoms with Gasteiger partial charge in [0.05, 0.1) is 17.1 Å². The van der Waals surface area contributed by atoms with Crippen molar-refractivity contribution in [3.63, 3.8) is 0 Å². The Morgan fingerprint density at radius 1 is 1.23 bits per heavy atom. The van der Waals surface area contributed by atoms with Crippen molar-refractivity contribution in [2.45, 2.75) is 18.2 Å². The van der Waals surface area contributed by atoms with E-state index in [4.69, 9.17) is 4.74 Å². The van der Waals surface area contributed by atoms with Gasteiger partial charge in [-0.05, 0) is 49.1 Å². The van der Waals surface area contributed by atoms with Gasteiger partial charge >= 0.3 is 5.97 Å². The molecule has 0 saturated heterocycles. The molecule has 5 nitrogen and oxygen atoms in total. The summed E-state index contributed by atoms with van der Waals surface area (Å²) in [5, 5.41) is 1.96. The molecule has 0 bridgehead atoms. The van der Waals surface area contributed by atoms with Gasteiger partial charge in [0.15, 0.2) is 0 Å². The third-order valence-corrected chi connectivity index (χ3v) is 5.33. The van der Waals surface area contributed by atoms with Crippen LogP contribution in [-0.4, -0.2) is 27.5 Å². The molecular weight excluding hydrogens is 322 g/mol. The van der Waals surface area contributed by atoms with E-state index in [-0.39, 0.29) is 11.5 Å². The van der Waals surface area contributed by atoms with Gasteiger partial charge in [0.1, 0.15) is 0 Å². The highest BCUT2D eigenvalue weighted by molar-refractivity contribution is 7.89. The number of benzene rings is 1. The van der Waals surface area contributed by atoms with Crippen LogP contribution in [0.15, 0.2) is 46.7 Å². The first-order chi connectivity index (χ1) is 10.5. The van der Waals surface area contributed by atoms with Crippen LogP contribution in [0, 0.1) is 0 Å². The first-order valence-corrected chi connectivity index (χ1v) is 9.18. The lowest BCUT2D eigenvalue weighted by Gasteiger charge is -2.07. The second kappa shape index (κ2) is 7.53. The van der Waals surface area contributed by atoms with E-state index in [0.717, 1.165) is 4.88 Å². The molecule has 1 N–H and O–H groups in total. The van der Waals surface area contributed by atoms with Gasteiger partial charge in [-0.1, -0.05) is 6.07 Å². The van der Waals surface area contributed by atoms with Crippen molar-refractivity contribution in [2.75, 3.05) is 13.2 Å². The molecule has 0 fully saturated rings. The summed E-state index contributed by atoms with van der Waals surface area (Å²) < 4.78 is 31.7. The highest BCUT2D eigenvalue weighted by Crippen LogP contribution is 2.12. The second-order valence-corrected chi connectivity index (χ2v) is 7.27. The van der Waals surface area contributed by atoms with E-state index in [1.54, 1.807) is 18.3 Å². The Morgan fingerprint density at radius 3 is 2.55 bits per heavy atom. The average molecular weight is 339 g/mol. The summed E-state index contributed by atoms with van der Waals surface area (Å²) in [6, 6.07) is 9.60. The Kier molecular flexibility index (Phi) is 5.70. The van der Waals surface area contributed by atoms with Crippen LogP contribution in [0.25, 0.3) is 0 Å². The fourth-order valence-electron chi connectivity index (χ4n) is 1.83. The number of nitrogens with one attached hydrogen (secondary N) is 1. The minimum absolute atomic E-state index is 0.131. The lowest BCUT2D eigenvalue weighted by Crippen LogP contribution is -2.25. The molecule has 0 atom stereocenters. The monoisotopic (exact) mass is 339 g/mol. The van der Waals surface area contributed by atoms with Crippen molar-refractivity contribution < 1.29 is 17.9 Å². The lowest BCUT2D eigenvalue weighted by atomic mass is 10.2. The van der Waals surface area contributed by atoms with Gasteiger partial charge in [0.2, 0.25) is 10.0 Å². The summed E-state index contributed by atoms with van der Waals surface area (Å²) in [5.74, 6) is -0.461. The maximum absolute atomic E-state index is 12.1. The quantitative estimate of drug-likeness (QED) is 0.787. The van der Waals surface area contributed by atoms with Crippen molar-refractivity contribution >= 4 is 27.3 Å². The molecule has 0 aliphatic rings. The van der Waals surface area contributed by atoms with E-state index >= 15 is 0 Å². The van der Waals surface area contributed by atoms with E-state index in [1.807, 2.05) is 17.5 Å². The average Bonchev–Trinajstić information content (AvgIpc) is 3.01. The zero-order valence-electron chi connectivity index (χ0n) is 12.1. The van der Waals surface area contributed by atoms with Crippen molar-refractivity contribution in [1.29, 1.82) is 0 Å². The summed E-state index contributed by atoms with van der Waals surface area (Å²) in [4.78, 5) is 12.8. The number of ether oxygens (including phenoxy) is 1. The van der Waals surface area contributed by atoms with Crippen LogP contribution < -0.4 is 4.72 Å². The second-order valence-electron chi connectivity index (χ2n) is 4.47. The highest BCUT2D eigenvalue weighted by Gasteiger charge is 2.14. The first-order valence-electron chi connectivity index (χ1n) is 6.82. The molecule has 0 amide bonds. The third-order valence-electron chi connectivity index (χ3n) is 2.92. The molecule has 7 heteroatoms. The standard InChI is InChI=1S/C15H17NO4S2/c1-2-20-15(17)12-5-7-14(8-6-12)22(18,19)16-10-9-13-4-3-11-21-13/h3-8,11,16H,2,9-10H2,1H3. The van der Waals surface area contributed by atoms with Crippen LogP contribution in [0.4, 0.5) is 0 Å². The molecule has 0 saturated carbocycles. The number of sulfonamides is 1. The number of hydrogen-bond donors (Lipinski definition) is 1. The molecule has 2 rings (SSSR count). The molecular formula is C15H17NO4S2. The molecule has 2 aromatic rings. The van der Waals surface area contributed by atoms with Gasteiger partial charge in [0.25, 0.3) is 0 Å². The molecule has 22 heavy (non-hydrogen) atoms. The van der Waals surface area contributed by atoms with Gasteiger partial charge in [0, 0.05) is 11.4 Å². The summed E-state index contributed by atoms with van der Waals surface area (Å²) in [6.07, 6.45) is 0.651. The normalized spacial score (nSPS) is 11.3. The molecule has 0 spiro atoms. The van der Waals surface area contributed by atoms with Gasteiger partial charge < -0.3 is 4.74 Å². The molecule has 0 aliphatic carbocycles. The zero-order chi connectivity index (χ0) is 16.0. The van der Waals surface area contributed by atoms with Crippen molar-refractivity contribution in [1.82, 2.24) is 4.72 Å². The van der Waals surface area contributed by atoms with E-state index in [9.17, 15) is 13.2 Å². The van der Waals surface area contributed by atoms with Crippen LogP contribution in [0.5, 0.6) is 0 Å². The first kappa shape index (κ1) is 16.7. The summed E-state index contributed by atoms with van der Waals surface area (Å²) >= 11 is 1.59. The number of hydrogen-bond acceptors (Lipinski definition) is 5. The van der Waals surface area contributed by atoms with Gasteiger partial charge in [-0.3, -0.25) is 0 Å². The Hall–Kier alpha value is -1.70. The van der Waals surface area contributed by atoms with Crippen LogP contribution >= 0.6 is 11.3 Å². The molecule has 1 aromatic heterocycles. The largest absolute Gasteiger partial charge is 0.462 e. The van der Waals surface area contributed by atoms with Crippen LogP contribution in [-0.2, 0) is 21.2 Å². The predicted octanol–water partition coefficient (Wildman–Crippen LogP) is 2.45. The fourth-order valence-corrected chi connectivity index (χ4v) is 3.57. The van der Waals surface area contributed by atoms with E-state index < -0.39 is 16.0 Å². The zero-order valence-corrected chi connectivity index (χ0v) is 13.7. The van der Waals surface area contributed by atoms with Crippen molar-refractivity contribution in [2.24, 2.45) is 0 Å². The van der Waals surface area contributed by atoms with Crippen LogP contribution in [0.1, 0.15) is 22.2 Å². The molecule has 118 valence electrons. The maximum atomic E-state index is 12.1. The Labute approximate surface area is 134 Å². The number of carbonyl (C=O) groups excluding carboxylic acids is 1. The molecule has 0 aliphatic heterocycles. The minimum atomic E-state index is -3.57. The van der Waals surface area contributed by atoms with Gasteiger partial charge in [-0.15, -0.1) is 11.3 Å². The molecule has 1 heterocycles. The fraction of sp³-hybridized carbons (Fsp3) is 0.267. The van der Waals surface area contributed by atoms with Gasteiger partial charge in [-0.25, -0.2) is 17.9 Å². The molecule has 1 aromatic carbocycles. The number of rotatable bonds is 7. The Bertz CT molecular complexity index is 707. The summed E-state index contributed by atoms with van der Waals surface area (Å²) in [6.45, 7) is 2.33.